The second-order valence-electron chi connectivity index (χ2n) is 3.78. The van der Waals surface area contributed by atoms with Crippen LogP contribution in [0.5, 0.6) is 0 Å². The molecule has 0 bridgehead atoms. The minimum atomic E-state index is -0.279. The molecule has 0 spiro atoms. The predicted molar refractivity (Wildman–Crippen MR) is 66.0 cm³/mol. The summed E-state index contributed by atoms with van der Waals surface area (Å²) in [4.78, 5) is 13.7. The van der Waals surface area contributed by atoms with Gasteiger partial charge in [0.2, 0.25) is 0 Å². The lowest BCUT2D eigenvalue weighted by atomic mass is 10.1. The Morgan fingerprint density at radius 3 is 2.69 bits per heavy atom. The molecule has 1 aromatic carbocycles. The molecule has 0 amide bonds. The largest absolute Gasteiger partial charge is 0.465 e. The number of ether oxygens (including phenoxy) is 1. The molecule has 0 unspecified atom stereocenters. The number of hydrogen-bond donors (Lipinski definition) is 0. The van der Waals surface area contributed by atoms with Crippen LogP contribution in [0, 0.1) is 0 Å². The third-order valence-electron chi connectivity index (χ3n) is 2.57. The van der Waals surface area contributed by atoms with Gasteiger partial charge in [0.15, 0.2) is 0 Å². The number of unbranched alkanes of at least 4 members (excludes halogenated alkanes) is 1. The van der Waals surface area contributed by atoms with Crippen molar-refractivity contribution in [1.82, 2.24) is 0 Å². The summed E-state index contributed by atoms with van der Waals surface area (Å²) >= 11 is 0. The van der Waals surface area contributed by atoms with E-state index in [1.807, 2.05) is 25.2 Å². The molecule has 0 aromatic heterocycles. The zero-order chi connectivity index (χ0) is 12.0. The number of para-hydroxylation sites is 1. The molecule has 0 atom stereocenters. The Labute approximate surface area is 97.0 Å². The number of carbonyl (C=O) groups excluding carboxylic acids is 1. The van der Waals surface area contributed by atoms with Gasteiger partial charge in [-0.2, -0.15) is 0 Å². The molecule has 1 aromatic rings. The van der Waals surface area contributed by atoms with E-state index in [-0.39, 0.29) is 5.97 Å². The summed E-state index contributed by atoms with van der Waals surface area (Å²) in [6.45, 7) is 3.10. The Hall–Kier alpha value is -1.51. The molecule has 0 aliphatic rings. The first kappa shape index (κ1) is 12.6. The molecule has 0 fully saturated rings. The van der Waals surface area contributed by atoms with Gasteiger partial charge in [-0.25, -0.2) is 4.79 Å². The zero-order valence-corrected chi connectivity index (χ0v) is 10.2. The summed E-state index contributed by atoms with van der Waals surface area (Å²) in [5.74, 6) is -0.279. The number of benzene rings is 1. The Balaban J connectivity index is 2.89. The molecule has 0 saturated heterocycles. The number of hydrogen-bond acceptors (Lipinski definition) is 3. The van der Waals surface area contributed by atoms with E-state index in [9.17, 15) is 4.79 Å². The summed E-state index contributed by atoms with van der Waals surface area (Å²) in [5.41, 5.74) is 1.56. The Kier molecular flexibility index (Phi) is 4.83. The topological polar surface area (TPSA) is 29.5 Å². The Morgan fingerprint density at radius 2 is 2.06 bits per heavy atom. The smallest absolute Gasteiger partial charge is 0.339 e. The molecular formula is C13H19NO2. The predicted octanol–water partition coefficient (Wildman–Crippen LogP) is 2.71. The fraction of sp³-hybridized carbons (Fsp3) is 0.462. The first-order chi connectivity index (χ1) is 7.70. The van der Waals surface area contributed by atoms with E-state index in [1.165, 1.54) is 7.11 Å². The van der Waals surface area contributed by atoms with Crippen LogP contribution in [-0.2, 0) is 4.74 Å². The molecule has 16 heavy (non-hydrogen) atoms. The zero-order valence-electron chi connectivity index (χ0n) is 10.2. The van der Waals surface area contributed by atoms with Crippen molar-refractivity contribution in [3.05, 3.63) is 29.8 Å². The van der Waals surface area contributed by atoms with Crippen molar-refractivity contribution in [1.29, 1.82) is 0 Å². The van der Waals surface area contributed by atoms with Crippen molar-refractivity contribution in [2.45, 2.75) is 19.8 Å². The second kappa shape index (κ2) is 6.16. The van der Waals surface area contributed by atoms with Crippen LogP contribution in [0.15, 0.2) is 24.3 Å². The van der Waals surface area contributed by atoms with Gasteiger partial charge in [0.25, 0.3) is 0 Å². The molecule has 0 aliphatic heterocycles. The van der Waals surface area contributed by atoms with E-state index in [0.717, 1.165) is 25.1 Å². The lowest BCUT2D eigenvalue weighted by Crippen LogP contribution is -2.21. The summed E-state index contributed by atoms with van der Waals surface area (Å²) in [7, 11) is 3.41. The van der Waals surface area contributed by atoms with E-state index in [2.05, 4.69) is 11.8 Å². The number of carbonyl (C=O) groups is 1. The normalized spacial score (nSPS) is 9.94. The molecule has 3 heteroatoms. The van der Waals surface area contributed by atoms with Gasteiger partial charge in [-0.15, -0.1) is 0 Å². The van der Waals surface area contributed by atoms with Crippen LogP contribution in [0.4, 0.5) is 5.69 Å². The quantitative estimate of drug-likeness (QED) is 0.716. The molecule has 0 N–H and O–H groups in total. The Morgan fingerprint density at radius 1 is 1.38 bits per heavy atom. The molecule has 3 nitrogen and oxygen atoms in total. The Bertz CT molecular complexity index is 350. The fourth-order valence-electron chi connectivity index (χ4n) is 1.60. The minimum Gasteiger partial charge on any atom is -0.465 e. The molecule has 0 radical (unpaired) electrons. The molecular weight excluding hydrogens is 202 g/mol. The highest BCUT2D eigenvalue weighted by molar-refractivity contribution is 5.95. The maximum Gasteiger partial charge on any atom is 0.339 e. The summed E-state index contributed by atoms with van der Waals surface area (Å²) < 4.78 is 4.77. The summed E-state index contributed by atoms with van der Waals surface area (Å²) in [6, 6.07) is 7.53. The molecule has 88 valence electrons. The number of rotatable bonds is 5. The lowest BCUT2D eigenvalue weighted by Gasteiger charge is -2.21. The van der Waals surface area contributed by atoms with Crippen molar-refractivity contribution in [3.8, 4) is 0 Å². The average Bonchev–Trinajstić information content (AvgIpc) is 2.35. The van der Waals surface area contributed by atoms with Crippen LogP contribution in [0.25, 0.3) is 0 Å². The maximum absolute atomic E-state index is 11.6. The van der Waals surface area contributed by atoms with Gasteiger partial charge in [-0.1, -0.05) is 25.5 Å². The van der Waals surface area contributed by atoms with Gasteiger partial charge in [-0.05, 0) is 18.6 Å². The third kappa shape index (κ3) is 2.99. The maximum atomic E-state index is 11.6. The highest BCUT2D eigenvalue weighted by Crippen LogP contribution is 2.20. The van der Waals surface area contributed by atoms with Crippen LogP contribution >= 0.6 is 0 Å². The van der Waals surface area contributed by atoms with E-state index in [0.29, 0.717) is 5.56 Å². The summed E-state index contributed by atoms with van der Waals surface area (Å²) in [5, 5.41) is 0. The highest BCUT2D eigenvalue weighted by Gasteiger charge is 2.13. The monoisotopic (exact) mass is 221 g/mol. The standard InChI is InChI=1S/C13H19NO2/c1-4-5-10-14(2)12-9-7-6-8-11(12)13(15)16-3/h6-9H,4-5,10H2,1-3H3. The molecule has 0 saturated carbocycles. The number of nitrogens with zero attached hydrogens (tertiary/aromatic N) is 1. The van der Waals surface area contributed by atoms with Crippen molar-refractivity contribution >= 4 is 11.7 Å². The first-order valence-electron chi connectivity index (χ1n) is 5.59. The van der Waals surface area contributed by atoms with Gasteiger partial charge in [0, 0.05) is 13.6 Å². The first-order valence-corrected chi connectivity index (χ1v) is 5.59. The van der Waals surface area contributed by atoms with Crippen LogP contribution in [0.3, 0.4) is 0 Å². The summed E-state index contributed by atoms with van der Waals surface area (Å²) in [6.07, 6.45) is 2.26. The van der Waals surface area contributed by atoms with Gasteiger partial charge < -0.3 is 9.64 Å². The van der Waals surface area contributed by atoms with Gasteiger partial charge in [0.05, 0.1) is 18.4 Å². The van der Waals surface area contributed by atoms with Crippen molar-refractivity contribution in [2.24, 2.45) is 0 Å². The number of esters is 1. The van der Waals surface area contributed by atoms with Crippen molar-refractivity contribution in [3.63, 3.8) is 0 Å². The number of methoxy groups -OCH3 is 1. The SMILES string of the molecule is CCCCN(C)c1ccccc1C(=O)OC. The van der Waals surface area contributed by atoms with Gasteiger partial charge >= 0.3 is 5.97 Å². The number of anilines is 1. The minimum absolute atomic E-state index is 0.279. The van der Waals surface area contributed by atoms with Crippen molar-refractivity contribution < 1.29 is 9.53 Å². The van der Waals surface area contributed by atoms with E-state index >= 15 is 0 Å². The van der Waals surface area contributed by atoms with Crippen molar-refractivity contribution in [2.75, 3.05) is 25.6 Å². The average molecular weight is 221 g/mol. The van der Waals surface area contributed by atoms with Gasteiger partial charge in [-0.3, -0.25) is 0 Å². The highest BCUT2D eigenvalue weighted by atomic mass is 16.5. The molecule has 0 aliphatic carbocycles. The van der Waals surface area contributed by atoms with E-state index in [1.54, 1.807) is 6.07 Å². The fourth-order valence-corrected chi connectivity index (χ4v) is 1.60. The van der Waals surface area contributed by atoms with Crippen LogP contribution in [0.1, 0.15) is 30.1 Å². The van der Waals surface area contributed by atoms with Crippen LogP contribution in [0.2, 0.25) is 0 Å². The lowest BCUT2D eigenvalue weighted by molar-refractivity contribution is 0.0601. The van der Waals surface area contributed by atoms with E-state index in [4.69, 9.17) is 4.74 Å². The van der Waals surface area contributed by atoms with Crippen LogP contribution in [-0.4, -0.2) is 26.7 Å². The van der Waals surface area contributed by atoms with Gasteiger partial charge in [0.1, 0.15) is 0 Å². The molecule has 0 heterocycles. The van der Waals surface area contributed by atoms with Crippen LogP contribution < -0.4 is 4.90 Å². The third-order valence-corrected chi connectivity index (χ3v) is 2.57. The molecule has 1 rings (SSSR count). The van der Waals surface area contributed by atoms with E-state index < -0.39 is 0 Å². The second-order valence-corrected chi connectivity index (χ2v) is 3.78.